The summed E-state index contributed by atoms with van der Waals surface area (Å²) in [6, 6.07) is 6.13. The summed E-state index contributed by atoms with van der Waals surface area (Å²) in [6.45, 7) is 4.37. The number of benzene rings is 1. The van der Waals surface area contributed by atoms with Crippen LogP contribution in [0.3, 0.4) is 0 Å². The second-order valence-electron chi connectivity index (χ2n) is 4.08. The monoisotopic (exact) mass is 321 g/mol. The molecule has 2 N–H and O–H groups in total. The van der Waals surface area contributed by atoms with Crippen molar-refractivity contribution in [2.45, 2.75) is 31.6 Å². The first kappa shape index (κ1) is 14.4. The third-order valence-corrected chi connectivity index (χ3v) is 4.27. The van der Waals surface area contributed by atoms with Gasteiger partial charge in [0.15, 0.2) is 0 Å². The van der Waals surface area contributed by atoms with Gasteiger partial charge in [-0.2, -0.15) is 11.8 Å². The molecule has 1 unspecified atom stereocenters. The molecule has 0 radical (unpaired) electrons. The Hall–Kier alpha value is 0.300. The summed E-state index contributed by atoms with van der Waals surface area (Å²) in [7, 11) is 0. The lowest BCUT2D eigenvalue weighted by molar-refractivity contribution is 0.747. The maximum Gasteiger partial charge on any atom is 0.0449 e. The van der Waals surface area contributed by atoms with Crippen LogP contribution in [0, 0.1) is 0 Å². The summed E-state index contributed by atoms with van der Waals surface area (Å²) in [5.41, 5.74) is 7.20. The van der Waals surface area contributed by atoms with Gasteiger partial charge in [0.05, 0.1) is 0 Å². The minimum atomic E-state index is 0.172. The highest BCUT2D eigenvalue weighted by Gasteiger charge is 2.08. The predicted molar refractivity (Wildman–Crippen MR) is 78.4 cm³/mol. The molecule has 0 bridgehead atoms. The number of nitrogens with two attached hydrogens (primary N) is 1. The van der Waals surface area contributed by atoms with E-state index in [4.69, 9.17) is 17.3 Å². The number of rotatable bonds is 5. The largest absolute Gasteiger partial charge is 0.327 e. The molecule has 0 saturated carbocycles. The fraction of sp³-hybridized carbons (Fsp3) is 0.500. The standard InChI is InChI=1S/C12H17BrClNS/c1-8(2)16-7-11(15)5-9-3-4-10(13)6-12(9)14/h3-4,6,8,11H,5,7,15H2,1-2H3. The third-order valence-electron chi connectivity index (χ3n) is 2.14. The van der Waals surface area contributed by atoms with Gasteiger partial charge >= 0.3 is 0 Å². The van der Waals surface area contributed by atoms with Crippen molar-refractivity contribution in [2.75, 3.05) is 5.75 Å². The Kier molecular flexibility index (Phi) is 6.19. The van der Waals surface area contributed by atoms with E-state index in [9.17, 15) is 0 Å². The lowest BCUT2D eigenvalue weighted by Gasteiger charge is -2.14. The van der Waals surface area contributed by atoms with E-state index in [0.717, 1.165) is 27.2 Å². The Morgan fingerprint density at radius 3 is 2.69 bits per heavy atom. The third kappa shape index (κ3) is 5.09. The molecule has 1 aromatic rings. The van der Waals surface area contributed by atoms with Crippen LogP contribution in [-0.2, 0) is 6.42 Å². The topological polar surface area (TPSA) is 26.0 Å². The van der Waals surface area contributed by atoms with E-state index in [0.29, 0.717) is 5.25 Å². The van der Waals surface area contributed by atoms with Crippen molar-refractivity contribution in [1.29, 1.82) is 0 Å². The molecule has 16 heavy (non-hydrogen) atoms. The van der Waals surface area contributed by atoms with Gasteiger partial charge in [0, 0.05) is 21.3 Å². The van der Waals surface area contributed by atoms with Crippen molar-refractivity contribution in [3.63, 3.8) is 0 Å². The van der Waals surface area contributed by atoms with Crippen molar-refractivity contribution in [3.05, 3.63) is 33.3 Å². The van der Waals surface area contributed by atoms with Crippen LogP contribution in [0.25, 0.3) is 0 Å². The van der Waals surface area contributed by atoms with Crippen LogP contribution in [0.1, 0.15) is 19.4 Å². The summed E-state index contributed by atoms with van der Waals surface area (Å²) >= 11 is 11.4. The molecule has 0 saturated heterocycles. The zero-order valence-electron chi connectivity index (χ0n) is 9.54. The van der Waals surface area contributed by atoms with Gasteiger partial charge in [-0.15, -0.1) is 0 Å². The molecule has 0 fully saturated rings. The van der Waals surface area contributed by atoms with Crippen molar-refractivity contribution >= 4 is 39.3 Å². The Morgan fingerprint density at radius 2 is 2.12 bits per heavy atom. The minimum Gasteiger partial charge on any atom is -0.327 e. The van der Waals surface area contributed by atoms with Gasteiger partial charge in [0.2, 0.25) is 0 Å². The van der Waals surface area contributed by atoms with E-state index in [1.807, 2.05) is 30.0 Å². The van der Waals surface area contributed by atoms with Crippen LogP contribution in [0.4, 0.5) is 0 Å². The van der Waals surface area contributed by atoms with Crippen molar-refractivity contribution in [3.8, 4) is 0 Å². The summed E-state index contributed by atoms with van der Waals surface area (Å²) < 4.78 is 1.01. The molecule has 0 aliphatic carbocycles. The zero-order valence-corrected chi connectivity index (χ0v) is 12.7. The first-order valence-electron chi connectivity index (χ1n) is 5.30. The smallest absolute Gasteiger partial charge is 0.0449 e. The predicted octanol–water partition coefficient (Wildman–Crippen LogP) is 4.11. The fourth-order valence-electron chi connectivity index (χ4n) is 1.34. The molecule has 0 heterocycles. The molecule has 0 aliphatic heterocycles. The molecule has 0 amide bonds. The Balaban J connectivity index is 2.52. The first-order chi connectivity index (χ1) is 7.49. The van der Waals surface area contributed by atoms with E-state index < -0.39 is 0 Å². The highest BCUT2D eigenvalue weighted by Crippen LogP contribution is 2.23. The lowest BCUT2D eigenvalue weighted by atomic mass is 10.1. The summed E-state index contributed by atoms with van der Waals surface area (Å²) in [4.78, 5) is 0. The molecule has 1 rings (SSSR count). The zero-order chi connectivity index (χ0) is 12.1. The van der Waals surface area contributed by atoms with Crippen molar-refractivity contribution < 1.29 is 0 Å². The van der Waals surface area contributed by atoms with Crippen LogP contribution < -0.4 is 5.73 Å². The molecule has 90 valence electrons. The van der Waals surface area contributed by atoms with Crippen LogP contribution in [0.15, 0.2) is 22.7 Å². The normalized spacial score (nSPS) is 13.1. The Morgan fingerprint density at radius 1 is 1.44 bits per heavy atom. The van der Waals surface area contributed by atoms with Gasteiger partial charge < -0.3 is 5.73 Å². The summed E-state index contributed by atoms with van der Waals surface area (Å²) in [5, 5.41) is 1.42. The molecule has 4 heteroatoms. The maximum absolute atomic E-state index is 6.14. The second-order valence-corrected chi connectivity index (χ2v) is 7.01. The molecule has 1 nitrogen and oxygen atoms in total. The second kappa shape index (κ2) is 6.90. The van der Waals surface area contributed by atoms with Crippen LogP contribution in [0.5, 0.6) is 0 Å². The molecule has 0 aliphatic rings. The highest BCUT2D eigenvalue weighted by molar-refractivity contribution is 9.10. The summed E-state index contributed by atoms with van der Waals surface area (Å²) in [6.07, 6.45) is 0.839. The number of thioether (sulfide) groups is 1. The van der Waals surface area contributed by atoms with Crippen molar-refractivity contribution in [1.82, 2.24) is 0 Å². The fourth-order valence-corrected chi connectivity index (χ4v) is 2.85. The van der Waals surface area contributed by atoms with Gasteiger partial charge in [-0.25, -0.2) is 0 Å². The molecule has 1 atom stereocenters. The SMILES string of the molecule is CC(C)SCC(N)Cc1ccc(Br)cc1Cl. The van der Waals surface area contributed by atoms with E-state index in [1.165, 1.54) is 0 Å². The molecular weight excluding hydrogens is 306 g/mol. The highest BCUT2D eigenvalue weighted by atomic mass is 79.9. The number of halogens is 2. The first-order valence-corrected chi connectivity index (χ1v) is 7.52. The lowest BCUT2D eigenvalue weighted by Crippen LogP contribution is -2.26. The molecule has 1 aromatic carbocycles. The quantitative estimate of drug-likeness (QED) is 0.882. The van der Waals surface area contributed by atoms with Gasteiger partial charge in [0.1, 0.15) is 0 Å². The van der Waals surface area contributed by atoms with E-state index >= 15 is 0 Å². The Bertz CT molecular complexity index is 344. The van der Waals surface area contributed by atoms with Crippen LogP contribution in [0.2, 0.25) is 5.02 Å². The Labute approximate surface area is 115 Å². The average molecular weight is 323 g/mol. The summed E-state index contributed by atoms with van der Waals surface area (Å²) in [5.74, 6) is 0.976. The van der Waals surface area contributed by atoms with Gasteiger partial charge in [-0.1, -0.05) is 47.4 Å². The van der Waals surface area contributed by atoms with Gasteiger partial charge in [-0.3, -0.25) is 0 Å². The van der Waals surface area contributed by atoms with E-state index in [1.54, 1.807) is 0 Å². The molecule has 0 aromatic heterocycles. The van der Waals surface area contributed by atoms with Crippen LogP contribution >= 0.6 is 39.3 Å². The average Bonchev–Trinajstić information content (AvgIpc) is 2.19. The maximum atomic E-state index is 6.14. The van der Waals surface area contributed by atoms with E-state index in [-0.39, 0.29) is 6.04 Å². The van der Waals surface area contributed by atoms with Crippen LogP contribution in [-0.4, -0.2) is 17.0 Å². The molecular formula is C12H17BrClNS. The number of hydrogen-bond acceptors (Lipinski definition) is 2. The van der Waals surface area contributed by atoms with E-state index in [2.05, 4.69) is 29.8 Å². The van der Waals surface area contributed by atoms with Gasteiger partial charge in [-0.05, 0) is 29.4 Å². The number of hydrogen-bond donors (Lipinski definition) is 1. The van der Waals surface area contributed by atoms with Crippen molar-refractivity contribution in [2.24, 2.45) is 5.73 Å². The minimum absolute atomic E-state index is 0.172. The van der Waals surface area contributed by atoms with Gasteiger partial charge in [0.25, 0.3) is 0 Å². The molecule has 0 spiro atoms.